The van der Waals surface area contributed by atoms with Crippen molar-refractivity contribution in [2.45, 2.75) is 64.2 Å². The van der Waals surface area contributed by atoms with E-state index in [0.29, 0.717) is 18.2 Å². The molecule has 1 aliphatic carbocycles. The summed E-state index contributed by atoms with van der Waals surface area (Å²) in [4.78, 5) is 45.0. The summed E-state index contributed by atoms with van der Waals surface area (Å²) in [5.41, 5.74) is 5.17. The SMILES string of the molecule is O=C(CC1Cc2ccccc2C1)N1CCC2(CC1)CCN(C(=O)CCC(=O)N1CCCc3ccccc31)C2. The van der Waals surface area contributed by atoms with Gasteiger partial charge in [0.2, 0.25) is 17.7 Å². The Bertz CT molecular complexity index is 1190. The lowest BCUT2D eigenvalue weighted by Crippen LogP contribution is -2.45. The predicted octanol–water partition coefficient (Wildman–Crippen LogP) is 4.39. The van der Waals surface area contributed by atoms with E-state index < -0.39 is 0 Å². The molecule has 0 atom stereocenters. The fraction of sp³-hybridized carbons (Fsp3) is 0.531. The number of rotatable bonds is 5. The second-order valence-electron chi connectivity index (χ2n) is 12.0. The topological polar surface area (TPSA) is 60.9 Å². The third-order valence-corrected chi connectivity index (χ3v) is 9.53. The number of fused-ring (bicyclic) bond motifs is 2. The first kappa shape index (κ1) is 25.1. The molecular formula is C32H39N3O3. The van der Waals surface area contributed by atoms with Gasteiger partial charge in [0, 0.05) is 57.7 Å². The van der Waals surface area contributed by atoms with Gasteiger partial charge in [0.15, 0.2) is 0 Å². The third kappa shape index (κ3) is 5.10. The van der Waals surface area contributed by atoms with Crippen LogP contribution >= 0.6 is 0 Å². The normalized spacial score (nSPS) is 20.5. The zero-order chi connectivity index (χ0) is 26.1. The molecule has 6 heteroatoms. The van der Waals surface area contributed by atoms with Crippen LogP contribution in [0.25, 0.3) is 0 Å². The van der Waals surface area contributed by atoms with Crippen LogP contribution in [0.2, 0.25) is 0 Å². The molecule has 2 saturated heterocycles. The molecule has 0 unspecified atom stereocenters. The molecule has 0 N–H and O–H groups in total. The monoisotopic (exact) mass is 513 g/mol. The Hall–Kier alpha value is -3.15. The first-order chi connectivity index (χ1) is 18.5. The molecule has 1 spiro atoms. The number of para-hydroxylation sites is 1. The molecule has 0 radical (unpaired) electrons. The summed E-state index contributed by atoms with van der Waals surface area (Å²) >= 11 is 0. The highest BCUT2D eigenvalue weighted by Crippen LogP contribution is 2.41. The highest BCUT2D eigenvalue weighted by atomic mass is 16.2. The number of anilines is 1. The summed E-state index contributed by atoms with van der Waals surface area (Å²) in [6.07, 6.45) is 8.15. The molecule has 0 aromatic heterocycles. The maximum absolute atomic E-state index is 13.1. The van der Waals surface area contributed by atoms with Gasteiger partial charge in [-0.05, 0) is 79.0 Å². The summed E-state index contributed by atoms with van der Waals surface area (Å²) in [7, 11) is 0. The van der Waals surface area contributed by atoms with Crippen molar-refractivity contribution in [3.8, 4) is 0 Å². The summed E-state index contributed by atoms with van der Waals surface area (Å²) < 4.78 is 0. The zero-order valence-corrected chi connectivity index (χ0v) is 22.4. The molecule has 3 aliphatic heterocycles. The number of aryl methyl sites for hydroxylation is 1. The van der Waals surface area contributed by atoms with E-state index in [2.05, 4.69) is 35.2 Å². The number of benzene rings is 2. The maximum atomic E-state index is 13.1. The van der Waals surface area contributed by atoms with Crippen molar-refractivity contribution in [3.05, 3.63) is 65.2 Å². The number of piperidine rings is 1. The van der Waals surface area contributed by atoms with Gasteiger partial charge in [0.25, 0.3) is 0 Å². The number of hydrogen-bond donors (Lipinski definition) is 0. The minimum Gasteiger partial charge on any atom is -0.343 e. The van der Waals surface area contributed by atoms with E-state index in [-0.39, 0.29) is 30.1 Å². The van der Waals surface area contributed by atoms with Crippen LogP contribution in [0.15, 0.2) is 48.5 Å². The van der Waals surface area contributed by atoms with E-state index in [1.165, 1.54) is 16.7 Å². The van der Waals surface area contributed by atoms with E-state index >= 15 is 0 Å². The molecule has 3 amide bonds. The van der Waals surface area contributed by atoms with E-state index in [0.717, 1.165) is 83.4 Å². The van der Waals surface area contributed by atoms with E-state index in [4.69, 9.17) is 0 Å². The van der Waals surface area contributed by atoms with Crippen LogP contribution < -0.4 is 4.90 Å². The van der Waals surface area contributed by atoms with Crippen LogP contribution in [0.3, 0.4) is 0 Å². The van der Waals surface area contributed by atoms with Gasteiger partial charge in [0.1, 0.15) is 0 Å². The molecule has 6 nitrogen and oxygen atoms in total. The number of carbonyl (C=O) groups is 3. The largest absolute Gasteiger partial charge is 0.343 e. The molecule has 38 heavy (non-hydrogen) atoms. The minimum absolute atomic E-state index is 0.0524. The van der Waals surface area contributed by atoms with Crippen molar-refractivity contribution in [2.75, 3.05) is 37.6 Å². The second kappa shape index (κ2) is 10.5. The van der Waals surface area contributed by atoms with E-state index in [1.54, 1.807) is 0 Å². The highest BCUT2D eigenvalue weighted by Gasteiger charge is 2.43. The molecule has 0 saturated carbocycles. The Morgan fingerprint density at radius 3 is 2.03 bits per heavy atom. The predicted molar refractivity (Wildman–Crippen MR) is 148 cm³/mol. The Kier molecular flexibility index (Phi) is 6.98. The molecule has 4 aliphatic rings. The van der Waals surface area contributed by atoms with Crippen LogP contribution in [0.1, 0.15) is 61.6 Å². The van der Waals surface area contributed by atoms with Gasteiger partial charge in [-0.25, -0.2) is 0 Å². The number of nitrogens with zero attached hydrogens (tertiary/aromatic N) is 3. The third-order valence-electron chi connectivity index (χ3n) is 9.53. The number of hydrogen-bond acceptors (Lipinski definition) is 3. The smallest absolute Gasteiger partial charge is 0.227 e. The molecule has 3 heterocycles. The van der Waals surface area contributed by atoms with Crippen molar-refractivity contribution in [2.24, 2.45) is 11.3 Å². The van der Waals surface area contributed by atoms with Crippen LogP contribution in [-0.2, 0) is 33.6 Å². The van der Waals surface area contributed by atoms with E-state index in [9.17, 15) is 14.4 Å². The lowest BCUT2D eigenvalue weighted by Gasteiger charge is -2.39. The number of likely N-dealkylation sites (tertiary alicyclic amines) is 2. The van der Waals surface area contributed by atoms with Crippen molar-refractivity contribution >= 4 is 23.4 Å². The summed E-state index contributed by atoms with van der Waals surface area (Å²) in [6, 6.07) is 16.7. The van der Waals surface area contributed by atoms with Crippen LogP contribution in [0.5, 0.6) is 0 Å². The van der Waals surface area contributed by atoms with Crippen LogP contribution in [0.4, 0.5) is 5.69 Å². The molecule has 0 bridgehead atoms. The Balaban J connectivity index is 0.956. The summed E-state index contributed by atoms with van der Waals surface area (Å²) in [5, 5.41) is 0. The minimum atomic E-state index is 0.0524. The van der Waals surface area contributed by atoms with Gasteiger partial charge in [0.05, 0.1) is 0 Å². The lowest BCUT2D eigenvalue weighted by molar-refractivity contribution is -0.135. The average molecular weight is 514 g/mol. The van der Waals surface area contributed by atoms with Gasteiger partial charge in [-0.1, -0.05) is 42.5 Å². The fourth-order valence-corrected chi connectivity index (χ4v) is 7.26. The van der Waals surface area contributed by atoms with Gasteiger partial charge < -0.3 is 14.7 Å². The first-order valence-electron chi connectivity index (χ1n) is 14.5. The zero-order valence-electron chi connectivity index (χ0n) is 22.4. The fourth-order valence-electron chi connectivity index (χ4n) is 7.26. The Labute approximate surface area is 226 Å². The van der Waals surface area contributed by atoms with Gasteiger partial charge in [-0.15, -0.1) is 0 Å². The van der Waals surface area contributed by atoms with E-state index in [1.807, 2.05) is 28.0 Å². The van der Waals surface area contributed by atoms with Gasteiger partial charge in [-0.3, -0.25) is 14.4 Å². The Morgan fingerprint density at radius 1 is 0.711 bits per heavy atom. The van der Waals surface area contributed by atoms with Gasteiger partial charge >= 0.3 is 0 Å². The lowest BCUT2D eigenvalue weighted by atomic mass is 9.77. The molecular weight excluding hydrogens is 474 g/mol. The molecule has 2 fully saturated rings. The number of carbonyl (C=O) groups excluding carboxylic acids is 3. The standard InChI is InChI=1S/C32H39N3O3/c36-29(11-12-30(37)35-16-5-9-25-6-3-4-10-28(25)35)34-19-15-32(23-34)13-17-33(18-14-32)31(38)22-24-20-26-7-1-2-8-27(26)21-24/h1-4,6-8,10,24H,5,9,11-23H2. The summed E-state index contributed by atoms with van der Waals surface area (Å²) in [5.74, 6) is 0.870. The second-order valence-corrected chi connectivity index (χ2v) is 12.0. The Morgan fingerprint density at radius 2 is 1.32 bits per heavy atom. The van der Waals surface area contributed by atoms with Crippen molar-refractivity contribution in [1.82, 2.24) is 9.80 Å². The van der Waals surface area contributed by atoms with Crippen molar-refractivity contribution in [3.63, 3.8) is 0 Å². The number of amides is 3. The van der Waals surface area contributed by atoms with Crippen molar-refractivity contribution in [1.29, 1.82) is 0 Å². The quantitative estimate of drug-likeness (QED) is 0.596. The average Bonchev–Trinajstić information content (AvgIpc) is 3.55. The highest BCUT2D eigenvalue weighted by molar-refractivity contribution is 5.96. The maximum Gasteiger partial charge on any atom is 0.227 e. The summed E-state index contributed by atoms with van der Waals surface area (Å²) in [6.45, 7) is 3.88. The molecule has 2 aromatic rings. The molecule has 6 rings (SSSR count). The van der Waals surface area contributed by atoms with Crippen LogP contribution in [-0.4, -0.2) is 60.2 Å². The van der Waals surface area contributed by atoms with Crippen molar-refractivity contribution < 1.29 is 14.4 Å². The first-order valence-corrected chi connectivity index (χ1v) is 14.5. The molecule has 200 valence electrons. The van der Waals surface area contributed by atoms with Crippen LogP contribution in [0, 0.1) is 11.3 Å². The van der Waals surface area contributed by atoms with Gasteiger partial charge in [-0.2, -0.15) is 0 Å². The molecule has 2 aromatic carbocycles.